The smallest absolute Gasteiger partial charge is 0.0951 e. The quantitative estimate of drug-likeness (QED) is 0.752. The van der Waals surface area contributed by atoms with Gasteiger partial charge in [0.2, 0.25) is 0 Å². The third-order valence-corrected chi connectivity index (χ3v) is 3.85. The Morgan fingerprint density at radius 1 is 1.44 bits per heavy atom. The number of nitrogens with one attached hydrogen (secondary N) is 1. The van der Waals surface area contributed by atoms with Crippen LogP contribution in [0.15, 0.2) is 0 Å². The lowest BCUT2D eigenvalue weighted by Gasteiger charge is -2.36. The molecule has 0 aromatic rings. The van der Waals surface area contributed by atoms with Gasteiger partial charge in [-0.3, -0.25) is 5.32 Å². The van der Waals surface area contributed by atoms with E-state index in [1.807, 2.05) is 6.92 Å². The van der Waals surface area contributed by atoms with Crippen LogP contribution in [-0.4, -0.2) is 23.3 Å². The topological polar surface area (TPSA) is 56.0 Å². The predicted octanol–water partition coefficient (Wildman–Crippen LogP) is 2.21. The maximum Gasteiger partial charge on any atom is 0.0951 e. The van der Waals surface area contributed by atoms with Crippen molar-refractivity contribution in [3.05, 3.63) is 0 Å². The lowest BCUT2D eigenvalue weighted by Crippen LogP contribution is -2.46. The zero-order chi connectivity index (χ0) is 12.0. The summed E-state index contributed by atoms with van der Waals surface area (Å²) in [5, 5.41) is 22.3. The second-order valence-electron chi connectivity index (χ2n) is 5.05. The van der Waals surface area contributed by atoms with Crippen LogP contribution < -0.4 is 5.32 Å². The Balaban J connectivity index is 2.34. The lowest BCUT2D eigenvalue weighted by atomic mass is 9.78. The van der Waals surface area contributed by atoms with Crippen LogP contribution in [0.25, 0.3) is 0 Å². The number of aliphatic hydroxyl groups is 1. The van der Waals surface area contributed by atoms with Gasteiger partial charge in [-0.15, -0.1) is 0 Å². The molecule has 0 aromatic carbocycles. The number of rotatable bonds is 5. The maximum atomic E-state index is 10.4. The van der Waals surface area contributed by atoms with E-state index in [-0.39, 0.29) is 6.04 Å². The highest BCUT2D eigenvalue weighted by atomic mass is 16.3. The molecule has 2 N–H and O–H groups in total. The summed E-state index contributed by atoms with van der Waals surface area (Å²) in [6.07, 6.45) is 6.01. The van der Waals surface area contributed by atoms with Crippen molar-refractivity contribution in [2.24, 2.45) is 5.92 Å². The van der Waals surface area contributed by atoms with Gasteiger partial charge in [-0.05, 0) is 38.0 Å². The van der Waals surface area contributed by atoms with Crippen LogP contribution >= 0.6 is 0 Å². The molecule has 3 nitrogen and oxygen atoms in total. The van der Waals surface area contributed by atoms with E-state index in [9.17, 15) is 5.11 Å². The summed E-state index contributed by atoms with van der Waals surface area (Å²) in [5.74, 6) is 0.790. The monoisotopic (exact) mass is 224 g/mol. The Hall–Kier alpha value is -0.590. The highest BCUT2D eigenvalue weighted by Crippen LogP contribution is 2.33. The molecule has 0 aromatic heterocycles. The van der Waals surface area contributed by atoms with Crippen molar-refractivity contribution in [3.63, 3.8) is 0 Å². The van der Waals surface area contributed by atoms with E-state index >= 15 is 0 Å². The molecule has 1 aliphatic carbocycles. The van der Waals surface area contributed by atoms with Gasteiger partial charge in [0.15, 0.2) is 0 Å². The lowest BCUT2D eigenvalue weighted by molar-refractivity contribution is -0.00961. The number of hydrogen-bond donors (Lipinski definition) is 2. The van der Waals surface area contributed by atoms with Crippen LogP contribution in [0.3, 0.4) is 0 Å². The van der Waals surface area contributed by atoms with Crippen LogP contribution in [0.2, 0.25) is 0 Å². The first-order valence-corrected chi connectivity index (χ1v) is 6.49. The second kappa shape index (κ2) is 6.22. The van der Waals surface area contributed by atoms with Gasteiger partial charge in [-0.1, -0.05) is 20.3 Å². The minimum Gasteiger partial charge on any atom is -0.389 e. The molecule has 0 amide bonds. The molecule has 1 unspecified atom stereocenters. The van der Waals surface area contributed by atoms with Crippen LogP contribution in [-0.2, 0) is 0 Å². The third-order valence-electron chi connectivity index (χ3n) is 3.85. The van der Waals surface area contributed by atoms with Crippen molar-refractivity contribution < 1.29 is 5.11 Å². The normalized spacial score (nSPS) is 32.0. The first-order chi connectivity index (χ1) is 7.63. The largest absolute Gasteiger partial charge is 0.389 e. The zero-order valence-electron chi connectivity index (χ0n) is 10.5. The molecule has 0 heterocycles. The van der Waals surface area contributed by atoms with Crippen LogP contribution in [0.1, 0.15) is 52.4 Å². The SMILES string of the molecule is CCC1CCC(O)(CNC(C#N)CC)CC1. The van der Waals surface area contributed by atoms with E-state index in [1.54, 1.807) is 0 Å². The number of nitriles is 1. The molecule has 1 atom stereocenters. The molecular weight excluding hydrogens is 200 g/mol. The average molecular weight is 224 g/mol. The Bertz CT molecular complexity index is 239. The number of hydrogen-bond acceptors (Lipinski definition) is 3. The molecule has 0 saturated heterocycles. The van der Waals surface area contributed by atoms with E-state index in [1.165, 1.54) is 6.42 Å². The summed E-state index contributed by atoms with van der Waals surface area (Å²) in [7, 11) is 0. The minimum atomic E-state index is -0.573. The standard InChI is InChI=1S/C13H24N2O/c1-3-11-5-7-13(16,8-6-11)10-15-12(4-2)9-14/h11-12,15-16H,3-8,10H2,1-2H3. The summed E-state index contributed by atoms with van der Waals surface area (Å²) < 4.78 is 0. The van der Waals surface area contributed by atoms with Gasteiger partial charge in [0.25, 0.3) is 0 Å². The first-order valence-electron chi connectivity index (χ1n) is 6.49. The molecule has 1 saturated carbocycles. The molecule has 1 aliphatic rings. The first kappa shape index (κ1) is 13.5. The van der Waals surface area contributed by atoms with Gasteiger partial charge in [0, 0.05) is 6.54 Å². The molecule has 92 valence electrons. The molecule has 16 heavy (non-hydrogen) atoms. The summed E-state index contributed by atoms with van der Waals surface area (Å²) in [4.78, 5) is 0. The third kappa shape index (κ3) is 3.77. The van der Waals surface area contributed by atoms with Gasteiger partial charge in [0.05, 0.1) is 17.7 Å². The molecule has 0 bridgehead atoms. The second-order valence-corrected chi connectivity index (χ2v) is 5.05. The minimum absolute atomic E-state index is 0.118. The Morgan fingerprint density at radius 2 is 2.06 bits per heavy atom. The van der Waals surface area contributed by atoms with Gasteiger partial charge < -0.3 is 5.11 Å². The summed E-state index contributed by atoms with van der Waals surface area (Å²) in [6.45, 7) is 4.77. The Kier molecular flexibility index (Phi) is 5.24. The van der Waals surface area contributed by atoms with Gasteiger partial charge in [-0.25, -0.2) is 0 Å². The molecule has 0 spiro atoms. The fourth-order valence-electron chi connectivity index (χ4n) is 2.39. The molecular formula is C13H24N2O. The van der Waals surface area contributed by atoms with Crippen molar-refractivity contribution in [2.75, 3.05) is 6.54 Å². The highest BCUT2D eigenvalue weighted by Gasteiger charge is 2.32. The molecule has 0 aliphatic heterocycles. The van der Waals surface area contributed by atoms with Gasteiger partial charge >= 0.3 is 0 Å². The van der Waals surface area contributed by atoms with Crippen LogP contribution in [0.4, 0.5) is 0 Å². The highest BCUT2D eigenvalue weighted by molar-refractivity contribution is 4.93. The summed E-state index contributed by atoms with van der Waals surface area (Å²) in [5.41, 5.74) is -0.573. The Morgan fingerprint density at radius 3 is 2.50 bits per heavy atom. The van der Waals surface area contributed by atoms with Crippen molar-refractivity contribution in [2.45, 2.75) is 64.0 Å². The predicted molar refractivity (Wildman–Crippen MR) is 64.9 cm³/mol. The zero-order valence-corrected chi connectivity index (χ0v) is 10.5. The Labute approximate surface area is 98.8 Å². The summed E-state index contributed by atoms with van der Waals surface area (Å²) in [6, 6.07) is 2.09. The number of nitrogens with zero attached hydrogens (tertiary/aromatic N) is 1. The van der Waals surface area contributed by atoms with Crippen molar-refractivity contribution >= 4 is 0 Å². The van der Waals surface area contributed by atoms with E-state index in [0.29, 0.717) is 6.54 Å². The van der Waals surface area contributed by atoms with Crippen LogP contribution in [0, 0.1) is 17.2 Å². The van der Waals surface area contributed by atoms with Gasteiger partial charge in [0.1, 0.15) is 0 Å². The maximum absolute atomic E-state index is 10.4. The van der Waals surface area contributed by atoms with Crippen molar-refractivity contribution in [1.29, 1.82) is 5.26 Å². The van der Waals surface area contributed by atoms with Crippen molar-refractivity contribution in [3.8, 4) is 6.07 Å². The fraction of sp³-hybridized carbons (Fsp3) is 0.923. The van der Waals surface area contributed by atoms with E-state index in [2.05, 4.69) is 18.3 Å². The van der Waals surface area contributed by atoms with E-state index in [0.717, 1.165) is 38.0 Å². The van der Waals surface area contributed by atoms with Gasteiger partial charge in [-0.2, -0.15) is 5.26 Å². The molecule has 0 radical (unpaired) electrons. The molecule has 3 heteroatoms. The molecule has 1 rings (SSSR count). The van der Waals surface area contributed by atoms with E-state index in [4.69, 9.17) is 5.26 Å². The van der Waals surface area contributed by atoms with E-state index < -0.39 is 5.60 Å². The average Bonchev–Trinajstić information content (AvgIpc) is 2.31. The molecule has 1 fully saturated rings. The summed E-state index contributed by atoms with van der Waals surface area (Å²) >= 11 is 0. The fourth-order valence-corrected chi connectivity index (χ4v) is 2.39. The van der Waals surface area contributed by atoms with Crippen molar-refractivity contribution in [1.82, 2.24) is 5.32 Å². The van der Waals surface area contributed by atoms with Crippen LogP contribution in [0.5, 0.6) is 0 Å².